The molecular weight excluding hydrogens is 394 g/mol. The lowest BCUT2D eigenvalue weighted by Gasteiger charge is -2.34. The molecule has 1 aliphatic rings. The average Bonchev–Trinajstić information content (AvgIpc) is 3.17. The minimum absolute atomic E-state index is 0.0217. The highest BCUT2D eigenvalue weighted by Gasteiger charge is 2.27. The molecule has 2 aromatic heterocycles. The average molecular weight is 420 g/mol. The van der Waals surface area contributed by atoms with Gasteiger partial charge in [-0.15, -0.1) is 16.4 Å². The molecule has 27 heavy (non-hydrogen) atoms. The maximum Gasteiger partial charge on any atom is 0.205 e. The first-order chi connectivity index (χ1) is 12.9. The van der Waals surface area contributed by atoms with Crippen molar-refractivity contribution in [3.8, 4) is 0 Å². The van der Waals surface area contributed by atoms with E-state index in [0.29, 0.717) is 6.04 Å². The smallest absolute Gasteiger partial charge is 0.205 e. The topological polar surface area (TPSA) is 46.0 Å². The van der Waals surface area contributed by atoms with Crippen LogP contribution in [0, 0.1) is 3.95 Å². The van der Waals surface area contributed by atoms with Crippen LogP contribution < -0.4 is 5.32 Å². The van der Waals surface area contributed by atoms with Crippen LogP contribution in [0.2, 0.25) is 0 Å². The van der Waals surface area contributed by atoms with E-state index in [1.165, 1.54) is 22.5 Å². The molecule has 1 atom stereocenters. The zero-order valence-electron chi connectivity index (χ0n) is 15.9. The van der Waals surface area contributed by atoms with Crippen LogP contribution >= 0.6 is 34.9 Å². The fourth-order valence-corrected chi connectivity index (χ4v) is 5.75. The van der Waals surface area contributed by atoms with Gasteiger partial charge in [0.2, 0.25) is 5.13 Å². The molecule has 0 radical (unpaired) electrons. The van der Waals surface area contributed by atoms with Gasteiger partial charge in [0, 0.05) is 12.1 Å². The molecular formula is C19H25N5S3. The summed E-state index contributed by atoms with van der Waals surface area (Å²) in [6.07, 6.45) is 3.60. The van der Waals surface area contributed by atoms with Gasteiger partial charge in [-0.3, -0.25) is 4.90 Å². The second kappa shape index (κ2) is 7.58. The third kappa shape index (κ3) is 4.39. The van der Waals surface area contributed by atoms with E-state index < -0.39 is 0 Å². The number of thiazole rings is 1. The van der Waals surface area contributed by atoms with Gasteiger partial charge in [-0.1, -0.05) is 29.9 Å². The third-order valence-electron chi connectivity index (χ3n) is 4.61. The lowest BCUT2D eigenvalue weighted by molar-refractivity contribution is 0.104. The quantitative estimate of drug-likeness (QED) is 0.551. The molecule has 1 aliphatic heterocycles. The summed E-state index contributed by atoms with van der Waals surface area (Å²) in [5, 5.41) is 10.3. The van der Waals surface area contributed by atoms with Gasteiger partial charge in [0.25, 0.3) is 0 Å². The predicted octanol–water partition coefficient (Wildman–Crippen LogP) is 5.68. The third-order valence-corrected chi connectivity index (χ3v) is 6.97. The van der Waals surface area contributed by atoms with Crippen molar-refractivity contribution >= 4 is 50.2 Å². The second-order valence-corrected chi connectivity index (χ2v) is 10.7. The number of benzene rings is 1. The number of nitrogens with zero attached hydrogens (tertiary/aromatic N) is 4. The van der Waals surface area contributed by atoms with Crippen molar-refractivity contribution in [2.45, 2.75) is 58.3 Å². The largest absolute Gasteiger partial charge is 0.356 e. The van der Waals surface area contributed by atoms with Gasteiger partial charge in [0.05, 0.1) is 22.9 Å². The molecule has 0 saturated carbocycles. The Kier molecular flexibility index (Phi) is 5.33. The van der Waals surface area contributed by atoms with Gasteiger partial charge in [-0.05, 0) is 58.0 Å². The molecule has 1 fully saturated rings. The lowest BCUT2D eigenvalue weighted by atomic mass is 10.0. The van der Waals surface area contributed by atoms with Crippen molar-refractivity contribution in [3.05, 3.63) is 33.2 Å². The van der Waals surface area contributed by atoms with Crippen molar-refractivity contribution in [1.82, 2.24) is 19.7 Å². The molecule has 144 valence electrons. The van der Waals surface area contributed by atoms with Gasteiger partial charge in [0.1, 0.15) is 5.01 Å². The number of hydrogen-bond acceptors (Lipinski definition) is 7. The van der Waals surface area contributed by atoms with Gasteiger partial charge in [-0.2, -0.15) is 0 Å². The molecule has 0 bridgehead atoms. The summed E-state index contributed by atoms with van der Waals surface area (Å²) >= 11 is 8.94. The maximum absolute atomic E-state index is 5.58. The standard InChI is InChI=1S/C19H25N5S3/c1-19(2,3)21-17-22-24(18(25)27-17)12-23-11-7-6-9-14(23)16-20-13-8-4-5-10-15(13)26-16/h4-5,8,10,14H,6-7,9,11-12H2,1-3H3,(H,21,22). The molecule has 1 N–H and O–H groups in total. The van der Waals surface area contributed by atoms with E-state index in [0.717, 1.165) is 34.2 Å². The Morgan fingerprint density at radius 2 is 2.04 bits per heavy atom. The van der Waals surface area contributed by atoms with Crippen LogP contribution in [-0.2, 0) is 6.67 Å². The summed E-state index contributed by atoms with van der Waals surface area (Å²) < 4.78 is 4.04. The summed E-state index contributed by atoms with van der Waals surface area (Å²) in [4.78, 5) is 7.40. The molecule has 0 amide bonds. The first-order valence-corrected chi connectivity index (χ1v) is 11.4. The molecule has 8 heteroatoms. The number of hydrogen-bond donors (Lipinski definition) is 1. The van der Waals surface area contributed by atoms with E-state index in [1.807, 2.05) is 16.0 Å². The van der Waals surface area contributed by atoms with Crippen LogP contribution in [0.15, 0.2) is 24.3 Å². The highest BCUT2D eigenvalue weighted by Crippen LogP contribution is 2.36. The number of piperidine rings is 1. The predicted molar refractivity (Wildman–Crippen MR) is 117 cm³/mol. The first kappa shape index (κ1) is 19.0. The number of anilines is 1. The molecule has 0 aliphatic carbocycles. The van der Waals surface area contributed by atoms with Crippen LogP contribution in [-0.4, -0.2) is 31.7 Å². The zero-order valence-corrected chi connectivity index (χ0v) is 18.4. The summed E-state index contributed by atoms with van der Waals surface area (Å²) in [7, 11) is 0. The molecule has 1 saturated heterocycles. The number of likely N-dealkylation sites (tertiary alicyclic amines) is 1. The van der Waals surface area contributed by atoms with Crippen molar-refractivity contribution in [3.63, 3.8) is 0 Å². The Bertz CT molecular complexity index is 948. The Morgan fingerprint density at radius 3 is 2.81 bits per heavy atom. The van der Waals surface area contributed by atoms with Gasteiger partial charge in [0.15, 0.2) is 3.95 Å². The lowest BCUT2D eigenvalue weighted by Crippen LogP contribution is -2.35. The molecule has 5 nitrogen and oxygen atoms in total. The first-order valence-electron chi connectivity index (χ1n) is 9.35. The number of rotatable bonds is 4. The zero-order chi connectivity index (χ0) is 19.0. The number of para-hydroxylation sites is 1. The monoisotopic (exact) mass is 419 g/mol. The fraction of sp³-hybridized carbons (Fsp3) is 0.526. The Labute approximate surface area is 173 Å². The van der Waals surface area contributed by atoms with E-state index in [9.17, 15) is 0 Å². The number of fused-ring (bicyclic) bond motifs is 1. The highest BCUT2D eigenvalue weighted by molar-refractivity contribution is 7.73. The molecule has 0 spiro atoms. The normalized spacial score (nSPS) is 18.9. The number of nitrogens with one attached hydrogen (secondary N) is 1. The highest BCUT2D eigenvalue weighted by atomic mass is 32.1. The Hall–Kier alpha value is -1.35. The van der Waals surface area contributed by atoms with E-state index >= 15 is 0 Å². The molecule has 4 rings (SSSR count). The minimum Gasteiger partial charge on any atom is -0.356 e. The van der Waals surface area contributed by atoms with Gasteiger partial charge >= 0.3 is 0 Å². The van der Waals surface area contributed by atoms with E-state index in [2.05, 4.69) is 55.3 Å². The Balaban J connectivity index is 1.57. The van der Waals surface area contributed by atoms with Gasteiger partial charge < -0.3 is 5.32 Å². The molecule has 3 aromatic rings. The van der Waals surface area contributed by atoms with Crippen LogP contribution in [0.3, 0.4) is 0 Å². The number of aromatic nitrogens is 3. The van der Waals surface area contributed by atoms with Crippen molar-refractivity contribution in [2.24, 2.45) is 0 Å². The van der Waals surface area contributed by atoms with Crippen molar-refractivity contribution < 1.29 is 0 Å². The summed E-state index contributed by atoms with van der Waals surface area (Å²) in [5.74, 6) is 0. The minimum atomic E-state index is -0.0217. The van der Waals surface area contributed by atoms with Crippen LogP contribution in [0.1, 0.15) is 51.1 Å². The van der Waals surface area contributed by atoms with Crippen LogP contribution in [0.4, 0.5) is 5.13 Å². The molecule has 3 heterocycles. The summed E-state index contributed by atoms with van der Waals surface area (Å²) in [5.41, 5.74) is 1.08. The van der Waals surface area contributed by atoms with Crippen molar-refractivity contribution in [1.29, 1.82) is 0 Å². The van der Waals surface area contributed by atoms with E-state index in [4.69, 9.17) is 22.3 Å². The molecule has 1 unspecified atom stereocenters. The Morgan fingerprint density at radius 1 is 1.22 bits per heavy atom. The van der Waals surface area contributed by atoms with Gasteiger partial charge in [-0.25, -0.2) is 9.67 Å². The van der Waals surface area contributed by atoms with Crippen LogP contribution in [0.25, 0.3) is 10.2 Å². The van der Waals surface area contributed by atoms with E-state index in [1.54, 1.807) is 11.3 Å². The van der Waals surface area contributed by atoms with E-state index in [-0.39, 0.29) is 5.54 Å². The fourth-order valence-electron chi connectivity index (χ4n) is 3.41. The summed E-state index contributed by atoms with van der Waals surface area (Å²) in [6.45, 7) is 8.18. The van der Waals surface area contributed by atoms with Crippen LogP contribution in [0.5, 0.6) is 0 Å². The second-order valence-electron chi connectivity index (χ2n) is 8.03. The molecule has 1 aromatic carbocycles. The summed E-state index contributed by atoms with van der Waals surface area (Å²) in [6, 6.07) is 8.75. The SMILES string of the molecule is CC(C)(C)Nc1nn(CN2CCCCC2c2nc3ccccc3s2)c(=S)s1. The van der Waals surface area contributed by atoms with Crippen molar-refractivity contribution in [2.75, 3.05) is 11.9 Å². The maximum atomic E-state index is 5.58.